The molecule has 1 atom stereocenters. The molecule has 0 aliphatic carbocycles. The van der Waals surface area contributed by atoms with E-state index in [2.05, 4.69) is 20.8 Å². The van der Waals surface area contributed by atoms with Gasteiger partial charge in [-0.3, -0.25) is 14.7 Å². The van der Waals surface area contributed by atoms with Crippen LogP contribution in [0.4, 0.5) is 4.79 Å². The van der Waals surface area contributed by atoms with Crippen molar-refractivity contribution in [2.45, 2.75) is 31.2 Å². The van der Waals surface area contributed by atoms with Gasteiger partial charge in [0.15, 0.2) is 11.0 Å². The van der Waals surface area contributed by atoms with Crippen LogP contribution in [0, 0.1) is 6.92 Å². The van der Waals surface area contributed by atoms with Gasteiger partial charge in [0.05, 0.1) is 12.4 Å². The first-order valence-electron chi connectivity index (χ1n) is 9.85. The highest BCUT2D eigenvalue weighted by atomic mass is 32.2. The third kappa shape index (κ3) is 5.43. The first kappa shape index (κ1) is 22.4. The number of hydrogen-bond donors (Lipinski definition) is 2. The van der Waals surface area contributed by atoms with Crippen molar-refractivity contribution in [3.8, 4) is 22.8 Å². The third-order valence-corrected chi connectivity index (χ3v) is 5.54. The number of ether oxygens (including phenoxy) is 1. The predicted molar refractivity (Wildman–Crippen MR) is 121 cm³/mol. The van der Waals surface area contributed by atoms with Crippen molar-refractivity contribution in [2.75, 3.05) is 13.7 Å². The zero-order valence-electron chi connectivity index (χ0n) is 17.9. The topological polar surface area (TPSA) is 98.1 Å². The Morgan fingerprint density at radius 2 is 1.77 bits per heavy atom. The monoisotopic (exact) mass is 439 g/mol. The smallest absolute Gasteiger partial charge is 0.321 e. The summed E-state index contributed by atoms with van der Waals surface area (Å²) in [7, 11) is 1.62. The van der Waals surface area contributed by atoms with Gasteiger partial charge in [-0.25, -0.2) is 4.79 Å². The van der Waals surface area contributed by atoms with Crippen molar-refractivity contribution in [2.24, 2.45) is 0 Å². The van der Waals surface area contributed by atoms with E-state index in [9.17, 15) is 9.59 Å². The summed E-state index contributed by atoms with van der Waals surface area (Å²) < 4.78 is 7.15. The maximum Gasteiger partial charge on any atom is 0.321 e. The van der Waals surface area contributed by atoms with Crippen molar-refractivity contribution in [3.05, 3.63) is 54.1 Å². The molecule has 0 aliphatic heterocycles. The fourth-order valence-electron chi connectivity index (χ4n) is 2.83. The van der Waals surface area contributed by atoms with Crippen molar-refractivity contribution in [1.29, 1.82) is 0 Å². The first-order valence-corrected chi connectivity index (χ1v) is 10.7. The normalized spacial score (nSPS) is 11.6. The number of carbonyl (C=O) groups excluding carboxylic acids is 2. The summed E-state index contributed by atoms with van der Waals surface area (Å²) in [6.45, 7) is 5.96. The van der Waals surface area contributed by atoms with Gasteiger partial charge in [0.1, 0.15) is 5.75 Å². The number of imide groups is 1. The molecule has 2 N–H and O–H groups in total. The van der Waals surface area contributed by atoms with E-state index in [4.69, 9.17) is 4.74 Å². The first-order chi connectivity index (χ1) is 14.9. The molecule has 1 unspecified atom stereocenters. The van der Waals surface area contributed by atoms with Gasteiger partial charge in [-0.2, -0.15) is 0 Å². The van der Waals surface area contributed by atoms with E-state index in [-0.39, 0.29) is 0 Å². The molecule has 9 heteroatoms. The average molecular weight is 440 g/mol. The molecule has 3 amide bonds. The quantitative estimate of drug-likeness (QED) is 0.546. The number of aryl methyl sites for hydroxylation is 1. The van der Waals surface area contributed by atoms with Crippen molar-refractivity contribution in [3.63, 3.8) is 0 Å². The second kappa shape index (κ2) is 10.1. The van der Waals surface area contributed by atoms with Crippen LogP contribution < -0.4 is 15.4 Å². The Balaban J connectivity index is 1.94. The SMILES string of the molecule is CCNC(=O)NC(=O)C(C)Sc1nnc(-c2ccc(OC)cc2)n1-c1ccc(C)cc1. The molecule has 0 aliphatic rings. The van der Waals surface area contributed by atoms with Crippen molar-refractivity contribution < 1.29 is 14.3 Å². The maximum atomic E-state index is 12.4. The summed E-state index contributed by atoms with van der Waals surface area (Å²) in [5.74, 6) is 0.987. The minimum absolute atomic E-state index is 0.402. The molecule has 162 valence electrons. The molecular weight excluding hydrogens is 414 g/mol. The van der Waals surface area contributed by atoms with E-state index < -0.39 is 17.2 Å². The molecule has 0 fully saturated rings. The molecule has 3 rings (SSSR count). The van der Waals surface area contributed by atoms with E-state index in [1.807, 2.05) is 60.0 Å². The van der Waals surface area contributed by atoms with Gasteiger partial charge in [0.2, 0.25) is 5.91 Å². The summed E-state index contributed by atoms with van der Waals surface area (Å²) in [4.78, 5) is 24.1. The van der Waals surface area contributed by atoms with Crippen LogP contribution in [-0.2, 0) is 4.79 Å². The van der Waals surface area contributed by atoms with E-state index in [1.165, 1.54) is 11.8 Å². The highest BCUT2D eigenvalue weighted by Gasteiger charge is 2.23. The highest BCUT2D eigenvalue weighted by Crippen LogP contribution is 2.31. The van der Waals surface area contributed by atoms with Crippen LogP contribution in [0.3, 0.4) is 0 Å². The summed E-state index contributed by atoms with van der Waals surface area (Å²) >= 11 is 1.23. The number of hydrogen-bond acceptors (Lipinski definition) is 6. The zero-order valence-corrected chi connectivity index (χ0v) is 18.7. The Morgan fingerprint density at radius 1 is 1.10 bits per heavy atom. The molecule has 1 heterocycles. The Hall–Kier alpha value is -3.33. The number of carbonyl (C=O) groups is 2. The number of aromatic nitrogens is 3. The minimum atomic E-state index is -0.556. The summed E-state index contributed by atoms with van der Waals surface area (Å²) in [6.07, 6.45) is 0. The molecule has 0 saturated carbocycles. The molecular formula is C22H25N5O3S. The van der Waals surface area contributed by atoms with Crippen LogP contribution in [0.5, 0.6) is 5.75 Å². The van der Waals surface area contributed by atoms with E-state index in [0.717, 1.165) is 22.6 Å². The molecule has 0 spiro atoms. The van der Waals surface area contributed by atoms with Crippen molar-refractivity contribution in [1.82, 2.24) is 25.4 Å². The lowest BCUT2D eigenvalue weighted by Crippen LogP contribution is -2.42. The van der Waals surface area contributed by atoms with Gasteiger partial charge in [-0.1, -0.05) is 29.5 Å². The number of benzene rings is 2. The number of nitrogens with zero attached hydrogens (tertiary/aromatic N) is 3. The Kier molecular flexibility index (Phi) is 7.30. The lowest BCUT2D eigenvalue weighted by molar-refractivity contribution is -0.119. The number of methoxy groups -OCH3 is 1. The molecule has 3 aromatic rings. The molecule has 0 radical (unpaired) electrons. The minimum Gasteiger partial charge on any atom is -0.497 e. The van der Waals surface area contributed by atoms with E-state index in [0.29, 0.717) is 17.5 Å². The third-order valence-electron chi connectivity index (χ3n) is 4.50. The highest BCUT2D eigenvalue weighted by molar-refractivity contribution is 8.00. The van der Waals surface area contributed by atoms with E-state index >= 15 is 0 Å². The molecule has 2 aromatic carbocycles. The van der Waals surface area contributed by atoms with Crippen LogP contribution in [0.25, 0.3) is 17.1 Å². The molecule has 8 nitrogen and oxygen atoms in total. The lowest BCUT2D eigenvalue weighted by Gasteiger charge is -2.14. The Bertz CT molecular complexity index is 1050. The Labute approximate surface area is 185 Å². The second-order valence-corrected chi connectivity index (χ2v) is 8.12. The number of urea groups is 1. The molecule has 1 aromatic heterocycles. The van der Waals surface area contributed by atoms with E-state index in [1.54, 1.807) is 21.0 Å². The summed E-state index contributed by atoms with van der Waals surface area (Å²) in [5, 5.41) is 13.6. The van der Waals surface area contributed by atoms with Crippen LogP contribution in [0.1, 0.15) is 19.4 Å². The van der Waals surface area contributed by atoms with Crippen LogP contribution in [0.2, 0.25) is 0 Å². The average Bonchev–Trinajstić information content (AvgIpc) is 3.17. The van der Waals surface area contributed by atoms with Gasteiger partial charge in [0, 0.05) is 17.8 Å². The predicted octanol–water partition coefficient (Wildman–Crippen LogP) is 3.58. The van der Waals surface area contributed by atoms with Gasteiger partial charge in [0.25, 0.3) is 0 Å². The fraction of sp³-hybridized carbons (Fsp3) is 0.273. The molecule has 31 heavy (non-hydrogen) atoms. The zero-order chi connectivity index (χ0) is 22.4. The van der Waals surface area contributed by atoms with Gasteiger partial charge in [-0.15, -0.1) is 10.2 Å². The molecule has 0 bridgehead atoms. The fourth-order valence-corrected chi connectivity index (χ4v) is 3.70. The number of nitrogens with one attached hydrogen (secondary N) is 2. The van der Waals surface area contributed by atoms with Crippen LogP contribution in [-0.4, -0.2) is 45.6 Å². The van der Waals surface area contributed by atoms with Gasteiger partial charge < -0.3 is 10.1 Å². The van der Waals surface area contributed by atoms with Crippen LogP contribution in [0.15, 0.2) is 53.7 Å². The van der Waals surface area contributed by atoms with Crippen molar-refractivity contribution >= 4 is 23.7 Å². The van der Waals surface area contributed by atoms with Gasteiger partial charge in [-0.05, 0) is 57.2 Å². The number of thioether (sulfide) groups is 1. The second-order valence-electron chi connectivity index (χ2n) is 6.81. The molecule has 0 saturated heterocycles. The summed E-state index contributed by atoms with van der Waals surface area (Å²) in [6, 6.07) is 15.0. The number of amides is 3. The van der Waals surface area contributed by atoms with Crippen LogP contribution >= 0.6 is 11.8 Å². The standard InChI is InChI=1S/C22H25N5O3S/c1-5-23-21(29)24-20(28)15(3)31-22-26-25-19(16-8-12-18(30-4)13-9-16)27(22)17-10-6-14(2)7-11-17/h6-13,15H,5H2,1-4H3,(H2,23,24,28,29). The van der Waals surface area contributed by atoms with Gasteiger partial charge >= 0.3 is 6.03 Å². The lowest BCUT2D eigenvalue weighted by atomic mass is 10.2. The maximum absolute atomic E-state index is 12.4. The summed E-state index contributed by atoms with van der Waals surface area (Å²) in [5.41, 5.74) is 2.87. The Morgan fingerprint density at radius 3 is 2.39 bits per heavy atom. The number of rotatable bonds is 7. The largest absolute Gasteiger partial charge is 0.497 e.